The lowest BCUT2D eigenvalue weighted by Crippen LogP contribution is -2.34. The average Bonchev–Trinajstić information content (AvgIpc) is 3.12. The summed E-state index contributed by atoms with van der Waals surface area (Å²) < 4.78 is 6.19. The Labute approximate surface area is 176 Å². The molecular weight excluding hydrogens is 360 g/mol. The number of hydrogen-bond donors (Lipinski definition) is 2. The van der Waals surface area contributed by atoms with E-state index in [-0.39, 0.29) is 12.7 Å². The number of benzene rings is 1. The Balaban J connectivity index is 1.49. The average molecular weight is 399 g/mol. The Morgan fingerprint density at radius 1 is 1.14 bits per heavy atom. The van der Waals surface area contributed by atoms with Crippen molar-refractivity contribution in [2.45, 2.75) is 83.0 Å². The number of allylic oxidation sites excluding steroid dienone is 3. The molecule has 0 radical (unpaired) electrons. The molecule has 160 valence electrons. The molecule has 2 saturated heterocycles. The molecule has 2 fully saturated rings. The highest BCUT2D eigenvalue weighted by Gasteiger charge is 2.41. The second-order valence-corrected chi connectivity index (χ2v) is 8.84. The fourth-order valence-electron chi connectivity index (χ4n) is 4.71. The zero-order valence-electron chi connectivity index (χ0n) is 17.9. The van der Waals surface area contributed by atoms with Crippen molar-refractivity contribution in [3.8, 4) is 0 Å². The number of unbranched alkanes of at least 4 members (excludes halogenated alkanes) is 2. The molecule has 3 heteroatoms. The largest absolute Gasteiger partial charge is 0.396 e. The quantitative estimate of drug-likeness (QED) is 0.401. The highest BCUT2D eigenvalue weighted by atomic mass is 16.5. The molecule has 29 heavy (non-hydrogen) atoms. The number of aryl methyl sites for hydroxylation is 2. The van der Waals surface area contributed by atoms with E-state index in [1.165, 1.54) is 24.0 Å². The number of ether oxygens (including phenoxy) is 1. The van der Waals surface area contributed by atoms with Crippen LogP contribution in [0.5, 0.6) is 0 Å². The molecule has 3 nitrogen and oxygen atoms in total. The van der Waals surface area contributed by atoms with Gasteiger partial charge in [-0.2, -0.15) is 0 Å². The Bertz CT molecular complexity index is 648. The lowest BCUT2D eigenvalue weighted by atomic mass is 9.81. The van der Waals surface area contributed by atoms with Gasteiger partial charge in [-0.05, 0) is 82.1 Å². The minimum absolute atomic E-state index is 0.285. The second kappa shape index (κ2) is 11.7. The number of rotatable bonds is 11. The summed E-state index contributed by atoms with van der Waals surface area (Å²) in [5, 5.41) is 19.4. The van der Waals surface area contributed by atoms with Crippen molar-refractivity contribution in [1.29, 1.82) is 0 Å². The molecule has 0 aromatic heterocycles. The molecule has 0 aliphatic carbocycles. The lowest BCUT2D eigenvalue weighted by Gasteiger charge is -2.35. The van der Waals surface area contributed by atoms with Crippen molar-refractivity contribution >= 4 is 0 Å². The minimum atomic E-state index is -0.383. The van der Waals surface area contributed by atoms with Crippen molar-refractivity contribution in [3.05, 3.63) is 59.7 Å². The Hall–Kier alpha value is -1.42. The SMILES string of the molecule is Cc1ccc(CCC(O)/C=C/C2CC3CCC(O3)C2C/C=C/CCCCO)cc1. The fourth-order valence-corrected chi connectivity index (χ4v) is 4.71. The van der Waals surface area contributed by atoms with Crippen LogP contribution in [0.2, 0.25) is 0 Å². The van der Waals surface area contributed by atoms with Gasteiger partial charge in [0.15, 0.2) is 0 Å². The van der Waals surface area contributed by atoms with Crippen LogP contribution in [0, 0.1) is 18.8 Å². The molecule has 1 aromatic carbocycles. The summed E-state index contributed by atoms with van der Waals surface area (Å²) in [5.41, 5.74) is 2.56. The third-order valence-corrected chi connectivity index (χ3v) is 6.49. The Morgan fingerprint density at radius 2 is 1.97 bits per heavy atom. The highest BCUT2D eigenvalue weighted by molar-refractivity contribution is 5.21. The van der Waals surface area contributed by atoms with Crippen LogP contribution >= 0.6 is 0 Å². The zero-order chi connectivity index (χ0) is 20.5. The van der Waals surface area contributed by atoms with Gasteiger partial charge in [-0.15, -0.1) is 0 Å². The summed E-state index contributed by atoms with van der Waals surface area (Å²) >= 11 is 0. The molecule has 2 bridgehead atoms. The molecule has 0 saturated carbocycles. The van der Waals surface area contributed by atoms with Crippen LogP contribution in [-0.4, -0.2) is 35.1 Å². The summed E-state index contributed by atoms with van der Waals surface area (Å²) in [7, 11) is 0. The molecule has 1 aromatic rings. The standard InChI is InChI=1S/C26H38O3/c1-20-8-10-21(11-9-20)12-14-23(28)15-13-22-19-24-16-17-26(29-24)25(22)7-5-3-2-4-6-18-27/h3,5,8-11,13,15,22-28H,2,4,6-7,12,14,16-19H2,1H3/b5-3+,15-13+. The van der Waals surface area contributed by atoms with Gasteiger partial charge < -0.3 is 14.9 Å². The van der Waals surface area contributed by atoms with E-state index in [9.17, 15) is 5.11 Å². The predicted molar refractivity (Wildman–Crippen MR) is 119 cm³/mol. The van der Waals surface area contributed by atoms with E-state index < -0.39 is 0 Å². The Kier molecular flexibility index (Phi) is 8.97. The van der Waals surface area contributed by atoms with Crippen molar-refractivity contribution < 1.29 is 14.9 Å². The first-order valence-electron chi connectivity index (χ1n) is 11.5. The summed E-state index contributed by atoms with van der Waals surface area (Å²) in [5.74, 6) is 1.01. The lowest BCUT2D eigenvalue weighted by molar-refractivity contribution is -0.0504. The van der Waals surface area contributed by atoms with Gasteiger partial charge >= 0.3 is 0 Å². The fraction of sp³-hybridized carbons (Fsp3) is 0.615. The van der Waals surface area contributed by atoms with Crippen LogP contribution in [-0.2, 0) is 11.2 Å². The summed E-state index contributed by atoms with van der Waals surface area (Å²) in [6.07, 6.45) is 18.4. The molecule has 2 N–H and O–H groups in total. The maximum atomic E-state index is 10.5. The van der Waals surface area contributed by atoms with Gasteiger partial charge in [-0.1, -0.05) is 54.1 Å². The van der Waals surface area contributed by atoms with Gasteiger partial charge in [-0.3, -0.25) is 0 Å². The van der Waals surface area contributed by atoms with Gasteiger partial charge in [0.25, 0.3) is 0 Å². The van der Waals surface area contributed by atoms with E-state index >= 15 is 0 Å². The first kappa shape index (κ1) is 22.3. The van der Waals surface area contributed by atoms with Crippen LogP contribution in [0.4, 0.5) is 0 Å². The normalized spacial score (nSPS) is 27.8. The van der Waals surface area contributed by atoms with Crippen LogP contribution in [0.3, 0.4) is 0 Å². The summed E-state index contributed by atoms with van der Waals surface area (Å²) in [6.45, 7) is 2.38. The predicted octanol–water partition coefficient (Wildman–Crippen LogP) is 5.14. The summed E-state index contributed by atoms with van der Waals surface area (Å²) in [6, 6.07) is 8.59. The summed E-state index contributed by atoms with van der Waals surface area (Å²) in [4.78, 5) is 0. The van der Waals surface area contributed by atoms with Gasteiger partial charge in [-0.25, -0.2) is 0 Å². The van der Waals surface area contributed by atoms with E-state index in [1.807, 2.05) is 6.08 Å². The molecule has 3 rings (SSSR count). The molecule has 5 unspecified atom stereocenters. The molecule has 2 aliphatic rings. The van der Waals surface area contributed by atoms with Crippen LogP contribution < -0.4 is 0 Å². The first-order chi connectivity index (χ1) is 14.2. The maximum absolute atomic E-state index is 10.5. The number of hydrogen-bond acceptors (Lipinski definition) is 3. The monoisotopic (exact) mass is 398 g/mol. The van der Waals surface area contributed by atoms with E-state index in [0.29, 0.717) is 24.0 Å². The number of aliphatic hydroxyl groups excluding tert-OH is 2. The zero-order valence-corrected chi connectivity index (χ0v) is 17.9. The number of aliphatic hydroxyl groups is 2. The van der Waals surface area contributed by atoms with Crippen molar-refractivity contribution in [1.82, 2.24) is 0 Å². The van der Waals surface area contributed by atoms with Crippen LogP contribution in [0.1, 0.15) is 62.5 Å². The maximum Gasteiger partial charge on any atom is 0.0724 e. The third-order valence-electron chi connectivity index (χ3n) is 6.49. The highest BCUT2D eigenvalue weighted by Crippen LogP contribution is 2.42. The smallest absolute Gasteiger partial charge is 0.0724 e. The Morgan fingerprint density at radius 3 is 2.76 bits per heavy atom. The van der Waals surface area contributed by atoms with Crippen molar-refractivity contribution in [3.63, 3.8) is 0 Å². The third kappa shape index (κ3) is 7.09. The molecule has 2 aliphatic heterocycles. The van der Waals surface area contributed by atoms with Gasteiger partial charge in [0.2, 0.25) is 0 Å². The molecule has 2 heterocycles. The second-order valence-electron chi connectivity index (χ2n) is 8.84. The van der Waals surface area contributed by atoms with E-state index in [0.717, 1.165) is 44.9 Å². The number of fused-ring (bicyclic) bond motifs is 2. The van der Waals surface area contributed by atoms with Crippen molar-refractivity contribution in [2.75, 3.05) is 6.61 Å². The molecule has 0 spiro atoms. The van der Waals surface area contributed by atoms with Crippen LogP contribution in [0.15, 0.2) is 48.6 Å². The van der Waals surface area contributed by atoms with Gasteiger partial charge in [0.1, 0.15) is 0 Å². The minimum Gasteiger partial charge on any atom is -0.396 e. The van der Waals surface area contributed by atoms with Crippen LogP contribution in [0.25, 0.3) is 0 Å². The molecule has 5 atom stereocenters. The van der Waals surface area contributed by atoms with Crippen molar-refractivity contribution in [2.24, 2.45) is 11.8 Å². The van der Waals surface area contributed by atoms with Gasteiger partial charge in [0, 0.05) is 6.61 Å². The topological polar surface area (TPSA) is 49.7 Å². The van der Waals surface area contributed by atoms with E-state index in [4.69, 9.17) is 9.84 Å². The first-order valence-corrected chi connectivity index (χ1v) is 11.5. The van der Waals surface area contributed by atoms with E-state index in [2.05, 4.69) is 49.4 Å². The van der Waals surface area contributed by atoms with E-state index in [1.54, 1.807) is 0 Å². The molecular formula is C26H38O3. The van der Waals surface area contributed by atoms with Gasteiger partial charge in [0.05, 0.1) is 18.3 Å². The molecule has 0 amide bonds.